The quantitative estimate of drug-likeness (QED) is 0.525. The van der Waals surface area contributed by atoms with Crippen LogP contribution in [0.15, 0.2) is 36.7 Å². The van der Waals surface area contributed by atoms with Gasteiger partial charge in [0.25, 0.3) is 0 Å². The smallest absolute Gasteiger partial charge is 0.165 e. The van der Waals surface area contributed by atoms with Crippen LogP contribution in [0.1, 0.15) is 24.1 Å². The molecule has 1 aromatic carbocycles. The maximum absolute atomic E-state index is 13.7. The van der Waals surface area contributed by atoms with E-state index in [1.807, 2.05) is 6.07 Å². The summed E-state index contributed by atoms with van der Waals surface area (Å²) in [4.78, 5) is 9.15. The summed E-state index contributed by atoms with van der Waals surface area (Å²) in [6, 6.07) is 8.77. The van der Waals surface area contributed by atoms with Crippen LogP contribution in [0.4, 0.5) is 10.2 Å². The van der Waals surface area contributed by atoms with Gasteiger partial charge in [0, 0.05) is 48.5 Å². The third-order valence-corrected chi connectivity index (χ3v) is 5.60. The number of hydrogen-bond acceptors (Lipinski definition) is 7. The van der Waals surface area contributed by atoms with Crippen molar-refractivity contribution in [3.8, 4) is 17.2 Å². The minimum atomic E-state index is -0.325. The molecule has 1 saturated heterocycles. The van der Waals surface area contributed by atoms with Gasteiger partial charge in [-0.15, -0.1) is 0 Å². The first-order chi connectivity index (χ1) is 15.1. The molecule has 4 heterocycles. The van der Waals surface area contributed by atoms with Crippen molar-refractivity contribution in [1.29, 1.82) is 5.26 Å². The van der Waals surface area contributed by atoms with E-state index in [1.54, 1.807) is 18.5 Å². The van der Waals surface area contributed by atoms with Gasteiger partial charge in [0.1, 0.15) is 23.3 Å². The van der Waals surface area contributed by atoms with Gasteiger partial charge in [-0.25, -0.2) is 9.37 Å². The number of nitrogen functional groups attached to an aromatic ring is 1. The van der Waals surface area contributed by atoms with E-state index in [2.05, 4.69) is 21.5 Å². The van der Waals surface area contributed by atoms with Gasteiger partial charge >= 0.3 is 0 Å². The van der Waals surface area contributed by atoms with Crippen LogP contribution in [0.5, 0.6) is 0 Å². The molecule has 0 amide bonds. The van der Waals surface area contributed by atoms with Crippen molar-refractivity contribution >= 4 is 22.4 Å². The lowest BCUT2D eigenvalue weighted by atomic mass is 10.1. The number of hydrogen-bond donors (Lipinski definition) is 2. The van der Waals surface area contributed by atoms with Gasteiger partial charge in [-0.2, -0.15) is 14.9 Å². The van der Waals surface area contributed by atoms with Crippen LogP contribution < -0.4 is 11.1 Å². The van der Waals surface area contributed by atoms with Crippen molar-refractivity contribution < 1.29 is 9.13 Å². The Morgan fingerprint density at radius 3 is 2.90 bits per heavy atom. The van der Waals surface area contributed by atoms with Crippen molar-refractivity contribution in [2.75, 3.05) is 18.9 Å². The van der Waals surface area contributed by atoms with E-state index < -0.39 is 0 Å². The molecule has 5 rings (SSSR count). The molecule has 8 nitrogen and oxygen atoms in total. The first-order valence-electron chi connectivity index (χ1n) is 10.1. The molecule has 31 heavy (non-hydrogen) atoms. The molecule has 1 fully saturated rings. The molecular formula is C22H20FN7O. The zero-order valence-corrected chi connectivity index (χ0v) is 16.7. The van der Waals surface area contributed by atoms with E-state index in [-0.39, 0.29) is 11.6 Å². The average Bonchev–Trinajstić information content (AvgIpc) is 3.22. The summed E-state index contributed by atoms with van der Waals surface area (Å²) in [5.74, 6) is -0.0869. The summed E-state index contributed by atoms with van der Waals surface area (Å²) in [7, 11) is 0. The number of fused-ring (bicyclic) bond motifs is 2. The first kappa shape index (κ1) is 19.4. The van der Waals surface area contributed by atoms with Crippen molar-refractivity contribution in [3.63, 3.8) is 0 Å². The molecule has 0 unspecified atom stereocenters. The van der Waals surface area contributed by atoms with Crippen molar-refractivity contribution in [3.05, 3.63) is 53.7 Å². The molecule has 0 saturated carbocycles. The highest BCUT2D eigenvalue weighted by Gasteiger charge is 2.20. The molecule has 1 aliphatic rings. The number of aromatic nitrogens is 4. The largest absolute Gasteiger partial charge is 0.382 e. The normalized spacial score (nSPS) is 14.8. The lowest BCUT2D eigenvalue weighted by Crippen LogP contribution is -2.34. The second-order valence-electron chi connectivity index (χ2n) is 7.55. The third kappa shape index (κ3) is 3.56. The molecule has 0 atom stereocenters. The molecule has 9 heteroatoms. The Labute approximate surface area is 177 Å². The number of ether oxygens (including phenoxy) is 1. The molecule has 4 aromatic rings. The second-order valence-corrected chi connectivity index (χ2v) is 7.55. The minimum Gasteiger partial charge on any atom is -0.382 e. The van der Waals surface area contributed by atoms with E-state index in [4.69, 9.17) is 15.5 Å². The molecule has 3 N–H and O–H groups in total. The fraction of sp³-hybridized carbons (Fsp3) is 0.273. The lowest BCUT2D eigenvalue weighted by Gasteiger charge is -2.23. The van der Waals surface area contributed by atoms with Gasteiger partial charge in [-0.1, -0.05) is 0 Å². The molecule has 0 spiro atoms. The van der Waals surface area contributed by atoms with Gasteiger partial charge in [0.15, 0.2) is 5.65 Å². The summed E-state index contributed by atoms with van der Waals surface area (Å²) >= 11 is 0. The van der Waals surface area contributed by atoms with Crippen LogP contribution in [-0.4, -0.2) is 38.8 Å². The zero-order chi connectivity index (χ0) is 21.4. The standard InChI is InChI=1S/C22H20FN7O/c23-15-1-2-19-13(8-15)7-14(10-27-19)18-11-28-30-21(25)17(9-24)20(29-22(18)30)12-26-16-3-5-31-6-4-16/h1-2,7-8,10-11,16,26H,3-6,12,25H2. The van der Waals surface area contributed by atoms with Crippen LogP contribution in [0.3, 0.4) is 0 Å². The zero-order valence-electron chi connectivity index (χ0n) is 16.7. The Morgan fingerprint density at radius 1 is 1.26 bits per heavy atom. The topological polar surface area (TPSA) is 114 Å². The molecule has 0 radical (unpaired) electrons. The molecule has 156 valence electrons. The fourth-order valence-electron chi connectivity index (χ4n) is 3.91. The molecule has 0 aliphatic carbocycles. The van der Waals surface area contributed by atoms with Crippen LogP contribution >= 0.6 is 0 Å². The Bertz CT molecular complexity index is 1320. The Kier molecular flexibility index (Phi) is 4.94. The predicted octanol–water partition coefficient (Wildman–Crippen LogP) is 2.81. The van der Waals surface area contributed by atoms with Crippen LogP contribution in [0.2, 0.25) is 0 Å². The summed E-state index contributed by atoms with van der Waals surface area (Å²) in [6.45, 7) is 1.86. The number of nitriles is 1. The van der Waals surface area contributed by atoms with E-state index in [1.165, 1.54) is 16.6 Å². The van der Waals surface area contributed by atoms with Crippen LogP contribution in [0, 0.1) is 17.1 Å². The predicted molar refractivity (Wildman–Crippen MR) is 113 cm³/mol. The highest BCUT2D eigenvalue weighted by molar-refractivity contribution is 5.87. The van der Waals surface area contributed by atoms with Crippen LogP contribution in [0.25, 0.3) is 27.7 Å². The third-order valence-electron chi connectivity index (χ3n) is 5.60. The van der Waals surface area contributed by atoms with Gasteiger partial charge in [-0.3, -0.25) is 4.98 Å². The number of benzene rings is 1. The number of nitrogens with two attached hydrogens (primary N) is 1. The Hall–Kier alpha value is -3.61. The summed E-state index contributed by atoms with van der Waals surface area (Å²) in [5.41, 5.74) is 9.82. The molecular weight excluding hydrogens is 397 g/mol. The minimum absolute atomic E-state index is 0.238. The van der Waals surface area contributed by atoms with Crippen molar-refractivity contribution in [2.24, 2.45) is 0 Å². The number of nitrogens with one attached hydrogen (secondary N) is 1. The van der Waals surface area contributed by atoms with Gasteiger partial charge in [0.05, 0.1) is 17.4 Å². The number of halogens is 1. The fourth-order valence-corrected chi connectivity index (χ4v) is 3.91. The van der Waals surface area contributed by atoms with E-state index in [9.17, 15) is 9.65 Å². The maximum atomic E-state index is 13.7. The second kappa shape index (κ2) is 7.91. The number of rotatable bonds is 4. The summed E-state index contributed by atoms with van der Waals surface area (Å²) in [5, 5.41) is 18.1. The summed E-state index contributed by atoms with van der Waals surface area (Å²) < 4.78 is 20.5. The molecule has 0 bridgehead atoms. The number of nitrogens with zero attached hydrogens (tertiary/aromatic N) is 5. The maximum Gasteiger partial charge on any atom is 0.165 e. The summed E-state index contributed by atoms with van der Waals surface area (Å²) in [6.07, 6.45) is 5.17. The van der Waals surface area contributed by atoms with E-state index in [0.29, 0.717) is 46.0 Å². The van der Waals surface area contributed by atoms with E-state index >= 15 is 0 Å². The van der Waals surface area contributed by atoms with Gasteiger partial charge in [0.2, 0.25) is 0 Å². The first-order valence-corrected chi connectivity index (χ1v) is 10.1. The average molecular weight is 417 g/mol. The van der Waals surface area contributed by atoms with Crippen molar-refractivity contribution in [2.45, 2.75) is 25.4 Å². The SMILES string of the molecule is N#Cc1c(CNC2CCOCC2)nc2c(-c3cnc4ccc(F)cc4c3)cnn2c1N. The monoisotopic (exact) mass is 417 g/mol. The number of pyridine rings is 1. The molecule has 1 aliphatic heterocycles. The Morgan fingerprint density at radius 2 is 2.10 bits per heavy atom. The van der Waals surface area contributed by atoms with E-state index in [0.717, 1.165) is 31.6 Å². The molecule has 3 aromatic heterocycles. The van der Waals surface area contributed by atoms with Crippen molar-refractivity contribution in [1.82, 2.24) is 24.9 Å². The van der Waals surface area contributed by atoms with Crippen LogP contribution in [-0.2, 0) is 11.3 Å². The van der Waals surface area contributed by atoms with Gasteiger partial charge < -0.3 is 15.8 Å². The van der Waals surface area contributed by atoms with Gasteiger partial charge in [-0.05, 0) is 37.1 Å². The Balaban J connectivity index is 1.57. The highest BCUT2D eigenvalue weighted by Crippen LogP contribution is 2.29. The number of anilines is 1. The highest BCUT2D eigenvalue weighted by atomic mass is 19.1. The lowest BCUT2D eigenvalue weighted by molar-refractivity contribution is 0.0775.